The lowest BCUT2D eigenvalue weighted by Crippen LogP contribution is -2.47. The minimum absolute atomic E-state index is 0.399. The number of piperidine rings is 1. The predicted octanol–water partition coefficient (Wildman–Crippen LogP) is 2.87. The second kappa shape index (κ2) is 4.88. The highest BCUT2D eigenvalue weighted by atomic mass is 16.5. The summed E-state index contributed by atoms with van der Waals surface area (Å²) < 4.78 is 5.75. The molecule has 0 radical (unpaired) electrons. The normalized spacial score (nSPS) is 32.1. The van der Waals surface area contributed by atoms with Crippen LogP contribution in [-0.2, 0) is 4.74 Å². The van der Waals surface area contributed by atoms with Crippen LogP contribution in [0.5, 0.6) is 0 Å². The fourth-order valence-corrected chi connectivity index (χ4v) is 3.88. The van der Waals surface area contributed by atoms with Crippen molar-refractivity contribution >= 4 is 5.69 Å². The molecule has 3 heteroatoms. The van der Waals surface area contributed by atoms with Crippen molar-refractivity contribution in [2.45, 2.75) is 38.2 Å². The molecule has 1 aromatic heterocycles. The Kier molecular flexibility index (Phi) is 3.25. The highest BCUT2D eigenvalue weighted by Crippen LogP contribution is 2.47. The summed E-state index contributed by atoms with van der Waals surface area (Å²) in [4.78, 5) is 6.63. The maximum absolute atomic E-state index is 5.75. The van der Waals surface area contributed by atoms with Crippen LogP contribution in [0.1, 0.15) is 32.1 Å². The maximum Gasteiger partial charge on any atom is 0.0644 e. The number of ether oxygens (including phenoxy) is 1. The Morgan fingerprint density at radius 3 is 2.83 bits per heavy atom. The van der Waals surface area contributed by atoms with E-state index in [1.807, 2.05) is 19.5 Å². The largest absolute Gasteiger partial charge is 0.381 e. The van der Waals surface area contributed by atoms with Crippen LogP contribution in [0.2, 0.25) is 0 Å². The van der Waals surface area contributed by atoms with E-state index in [2.05, 4.69) is 22.0 Å². The first-order valence-electron chi connectivity index (χ1n) is 7.02. The third-order valence-corrected chi connectivity index (χ3v) is 4.74. The number of rotatable bonds is 2. The van der Waals surface area contributed by atoms with Crippen molar-refractivity contribution in [3.8, 4) is 0 Å². The van der Waals surface area contributed by atoms with Gasteiger partial charge in [0.2, 0.25) is 0 Å². The summed E-state index contributed by atoms with van der Waals surface area (Å²) in [5.74, 6) is 0. The number of aromatic nitrogens is 1. The molecule has 98 valence electrons. The monoisotopic (exact) mass is 246 g/mol. The minimum atomic E-state index is 0.399. The third kappa shape index (κ3) is 2.01. The Morgan fingerprint density at radius 2 is 2.06 bits per heavy atom. The highest BCUT2D eigenvalue weighted by Gasteiger charge is 2.45. The van der Waals surface area contributed by atoms with Crippen molar-refractivity contribution in [3.05, 3.63) is 24.5 Å². The molecule has 18 heavy (non-hydrogen) atoms. The van der Waals surface area contributed by atoms with E-state index in [0.717, 1.165) is 6.54 Å². The molecule has 3 nitrogen and oxygen atoms in total. The van der Waals surface area contributed by atoms with Gasteiger partial charge in [0.05, 0.1) is 6.10 Å². The molecule has 2 heterocycles. The Morgan fingerprint density at radius 1 is 1.28 bits per heavy atom. The summed E-state index contributed by atoms with van der Waals surface area (Å²) in [6.45, 7) is 2.32. The van der Waals surface area contributed by atoms with Crippen molar-refractivity contribution in [2.75, 3.05) is 25.1 Å². The van der Waals surface area contributed by atoms with Crippen LogP contribution in [0.4, 0.5) is 5.69 Å². The topological polar surface area (TPSA) is 25.4 Å². The lowest BCUT2D eigenvalue weighted by Gasteiger charge is -2.44. The van der Waals surface area contributed by atoms with E-state index in [0.29, 0.717) is 11.5 Å². The first kappa shape index (κ1) is 12.0. The predicted molar refractivity (Wildman–Crippen MR) is 72.8 cm³/mol. The maximum atomic E-state index is 5.75. The van der Waals surface area contributed by atoms with Gasteiger partial charge in [-0.15, -0.1) is 0 Å². The molecule has 1 saturated carbocycles. The summed E-state index contributed by atoms with van der Waals surface area (Å²) in [6, 6.07) is 4.24. The molecule has 2 fully saturated rings. The van der Waals surface area contributed by atoms with E-state index >= 15 is 0 Å². The molecule has 1 aliphatic heterocycles. The number of hydrogen-bond acceptors (Lipinski definition) is 3. The average molecular weight is 246 g/mol. The molecular weight excluding hydrogens is 224 g/mol. The summed E-state index contributed by atoms with van der Waals surface area (Å²) in [6.07, 6.45) is 10.7. The zero-order valence-corrected chi connectivity index (χ0v) is 11.1. The summed E-state index contributed by atoms with van der Waals surface area (Å²) in [5, 5.41) is 0. The Hall–Kier alpha value is -1.09. The molecule has 0 unspecified atom stereocenters. The molecule has 1 aliphatic carbocycles. The van der Waals surface area contributed by atoms with E-state index in [1.165, 1.54) is 44.3 Å². The summed E-state index contributed by atoms with van der Waals surface area (Å²) in [5.41, 5.74) is 1.71. The Balaban J connectivity index is 1.80. The molecule has 0 N–H and O–H groups in total. The van der Waals surface area contributed by atoms with Crippen molar-refractivity contribution in [3.63, 3.8) is 0 Å². The molecule has 2 atom stereocenters. The van der Waals surface area contributed by atoms with E-state index in [9.17, 15) is 0 Å². The number of nitrogens with zero attached hydrogens (tertiary/aromatic N) is 2. The fraction of sp³-hybridized carbons (Fsp3) is 0.667. The highest BCUT2D eigenvalue weighted by molar-refractivity contribution is 5.45. The lowest BCUT2D eigenvalue weighted by molar-refractivity contribution is 0.00227. The molecule has 1 saturated heterocycles. The number of hydrogen-bond donors (Lipinski definition) is 0. The second-order valence-corrected chi connectivity index (χ2v) is 5.71. The van der Waals surface area contributed by atoms with E-state index in [4.69, 9.17) is 4.74 Å². The van der Waals surface area contributed by atoms with Gasteiger partial charge in [0.1, 0.15) is 0 Å². The SMILES string of the molecule is CO[C@@H]1CCC[C@]12CCCN(c1ccncc1)C2. The molecule has 3 rings (SSSR count). The zero-order chi connectivity index (χ0) is 12.4. The van der Waals surface area contributed by atoms with Gasteiger partial charge in [-0.1, -0.05) is 6.42 Å². The molecule has 0 aromatic carbocycles. The van der Waals surface area contributed by atoms with E-state index in [1.54, 1.807) is 0 Å². The molecule has 1 aromatic rings. The first-order chi connectivity index (χ1) is 8.84. The standard InChI is InChI=1S/C15H22N2O/c1-18-14-4-2-7-15(14)8-3-11-17(12-15)13-5-9-16-10-6-13/h5-6,9-10,14H,2-4,7-8,11-12H2,1H3/t14-,15-/m1/s1. The van der Waals surface area contributed by atoms with Gasteiger partial charge in [-0.2, -0.15) is 0 Å². The van der Waals surface area contributed by atoms with Gasteiger partial charge >= 0.3 is 0 Å². The van der Waals surface area contributed by atoms with Gasteiger partial charge in [0.15, 0.2) is 0 Å². The van der Waals surface area contributed by atoms with Crippen LogP contribution in [0.25, 0.3) is 0 Å². The Bertz CT molecular complexity index is 395. The first-order valence-corrected chi connectivity index (χ1v) is 7.02. The van der Waals surface area contributed by atoms with E-state index < -0.39 is 0 Å². The van der Waals surface area contributed by atoms with Gasteiger partial charge < -0.3 is 9.64 Å². The van der Waals surface area contributed by atoms with Gasteiger partial charge in [0, 0.05) is 43.7 Å². The minimum Gasteiger partial charge on any atom is -0.381 e. The van der Waals surface area contributed by atoms with Crippen LogP contribution >= 0.6 is 0 Å². The van der Waals surface area contributed by atoms with Crippen molar-refractivity contribution in [1.29, 1.82) is 0 Å². The van der Waals surface area contributed by atoms with Gasteiger partial charge in [-0.05, 0) is 37.8 Å². The van der Waals surface area contributed by atoms with E-state index in [-0.39, 0.29) is 0 Å². The van der Waals surface area contributed by atoms with Crippen molar-refractivity contribution < 1.29 is 4.74 Å². The molecule has 0 amide bonds. The second-order valence-electron chi connectivity index (χ2n) is 5.71. The lowest BCUT2D eigenvalue weighted by atomic mass is 9.76. The van der Waals surface area contributed by atoms with Crippen LogP contribution in [0.15, 0.2) is 24.5 Å². The van der Waals surface area contributed by atoms with Crippen molar-refractivity contribution in [2.24, 2.45) is 5.41 Å². The smallest absolute Gasteiger partial charge is 0.0644 e. The number of anilines is 1. The summed E-state index contributed by atoms with van der Waals surface area (Å²) >= 11 is 0. The molecular formula is C15H22N2O. The van der Waals surface area contributed by atoms with Crippen LogP contribution in [0, 0.1) is 5.41 Å². The van der Waals surface area contributed by atoms with Crippen LogP contribution < -0.4 is 4.90 Å². The average Bonchev–Trinajstić information content (AvgIpc) is 2.82. The molecule has 1 spiro atoms. The van der Waals surface area contributed by atoms with Crippen LogP contribution in [0.3, 0.4) is 0 Å². The zero-order valence-electron chi connectivity index (χ0n) is 11.1. The Labute approximate surface area is 109 Å². The quantitative estimate of drug-likeness (QED) is 0.802. The van der Waals surface area contributed by atoms with Gasteiger partial charge in [0.25, 0.3) is 0 Å². The summed E-state index contributed by atoms with van der Waals surface area (Å²) in [7, 11) is 1.88. The van der Waals surface area contributed by atoms with Gasteiger partial charge in [-0.25, -0.2) is 0 Å². The third-order valence-electron chi connectivity index (χ3n) is 4.74. The molecule has 2 aliphatic rings. The van der Waals surface area contributed by atoms with Crippen molar-refractivity contribution in [1.82, 2.24) is 4.98 Å². The number of pyridine rings is 1. The molecule has 0 bridgehead atoms. The van der Waals surface area contributed by atoms with Gasteiger partial charge in [-0.3, -0.25) is 4.98 Å². The fourth-order valence-electron chi connectivity index (χ4n) is 3.88. The van der Waals surface area contributed by atoms with Crippen LogP contribution in [-0.4, -0.2) is 31.3 Å². The number of methoxy groups -OCH3 is 1.